The Kier molecular flexibility index (Phi) is 5.35. The number of benzene rings is 1. The van der Waals surface area contributed by atoms with Crippen LogP contribution < -0.4 is 10.1 Å². The molecule has 1 aromatic carbocycles. The van der Waals surface area contributed by atoms with Gasteiger partial charge in [0.1, 0.15) is 37.0 Å². The second kappa shape index (κ2) is 8.07. The number of aliphatic hydroxyl groups is 3. The first kappa shape index (κ1) is 18.6. The van der Waals surface area contributed by atoms with Gasteiger partial charge in [0.25, 0.3) is 0 Å². The van der Waals surface area contributed by atoms with Crippen molar-refractivity contribution >= 4 is 17.0 Å². The second-order valence-corrected chi connectivity index (χ2v) is 6.36. The highest BCUT2D eigenvalue weighted by molar-refractivity contribution is 5.82. The van der Waals surface area contributed by atoms with Crippen molar-refractivity contribution < 1.29 is 24.8 Å². The predicted octanol–water partition coefficient (Wildman–Crippen LogP) is -0.0713. The number of aliphatic hydroxyl groups excluding tert-OH is 3. The van der Waals surface area contributed by atoms with Gasteiger partial charge in [0.05, 0.1) is 19.5 Å². The summed E-state index contributed by atoms with van der Waals surface area (Å²) < 4.78 is 12.7. The number of nitrogens with one attached hydrogen (secondary N) is 1. The first-order chi connectivity index (χ1) is 13.7. The highest BCUT2D eigenvalue weighted by Crippen LogP contribution is 2.32. The zero-order valence-corrected chi connectivity index (χ0v) is 14.9. The van der Waals surface area contributed by atoms with Crippen LogP contribution in [0.3, 0.4) is 0 Å². The summed E-state index contributed by atoms with van der Waals surface area (Å²) in [4.78, 5) is 12.7. The Morgan fingerprint density at radius 3 is 2.68 bits per heavy atom. The Morgan fingerprint density at radius 2 is 1.93 bits per heavy atom. The summed E-state index contributed by atoms with van der Waals surface area (Å²) in [6.45, 7) is 0.539. The van der Waals surface area contributed by atoms with Gasteiger partial charge in [-0.3, -0.25) is 4.57 Å². The minimum Gasteiger partial charge on any atom is -0.492 e. The molecule has 0 radical (unpaired) electrons. The Balaban J connectivity index is 1.46. The van der Waals surface area contributed by atoms with E-state index in [9.17, 15) is 15.3 Å². The number of hydrogen-bond acceptors (Lipinski definition) is 9. The number of nitrogens with zero attached hydrogens (tertiary/aromatic N) is 4. The van der Waals surface area contributed by atoms with Crippen molar-refractivity contribution in [2.45, 2.75) is 24.5 Å². The minimum atomic E-state index is -1.21. The number of ether oxygens (including phenoxy) is 2. The van der Waals surface area contributed by atoms with E-state index in [0.717, 1.165) is 5.75 Å². The van der Waals surface area contributed by atoms with Crippen LogP contribution in [0.1, 0.15) is 6.23 Å². The van der Waals surface area contributed by atoms with Crippen LogP contribution in [-0.4, -0.2) is 72.9 Å². The van der Waals surface area contributed by atoms with E-state index in [1.54, 1.807) is 0 Å². The summed E-state index contributed by atoms with van der Waals surface area (Å²) in [5, 5.41) is 32.6. The molecule has 0 bridgehead atoms. The molecule has 3 heterocycles. The topological polar surface area (TPSA) is 135 Å². The molecule has 0 unspecified atom stereocenters. The van der Waals surface area contributed by atoms with Crippen LogP contribution in [0.5, 0.6) is 5.75 Å². The predicted molar refractivity (Wildman–Crippen MR) is 98.8 cm³/mol. The van der Waals surface area contributed by atoms with E-state index in [-0.39, 0.29) is 0 Å². The van der Waals surface area contributed by atoms with E-state index in [4.69, 9.17) is 9.47 Å². The van der Waals surface area contributed by atoms with Crippen LogP contribution >= 0.6 is 0 Å². The maximum Gasteiger partial charge on any atom is 0.167 e. The molecule has 1 saturated heterocycles. The first-order valence-electron chi connectivity index (χ1n) is 8.90. The van der Waals surface area contributed by atoms with Gasteiger partial charge in [0.15, 0.2) is 23.2 Å². The molecule has 1 aliphatic heterocycles. The zero-order valence-electron chi connectivity index (χ0n) is 14.9. The summed E-state index contributed by atoms with van der Waals surface area (Å²) in [5.74, 6) is 1.30. The molecule has 10 heteroatoms. The largest absolute Gasteiger partial charge is 0.492 e. The molecule has 148 valence electrons. The van der Waals surface area contributed by atoms with E-state index in [0.29, 0.717) is 30.1 Å². The third-order valence-corrected chi connectivity index (χ3v) is 4.56. The van der Waals surface area contributed by atoms with Gasteiger partial charge in [-0.05, 0) is 12.1 Å². The summed E-state index contributed by atoms with van der Waals surface area (Å²) in [7, 11) is 0. The third kappa shape index (κ3) is 3.50. The quantitative estimate of drug-likeness (QED) is 0.411. The lowest BCUT2D eigenvalue weighted by Crippen LogP contribution is -2.33. The van der Waals surface area contributed by atoms with Crippen molar-refractivity contribution in [1.82, 2.24) is 19.5 Å². The van der Waals surface area contributed by atoms with E-state index in [1.165, 1.54) is 17.2 Å². The fraction of sp³-hybridized carbons (Fsp3) is 0.389. The maximum absolute atomic E-state index is 10.2. The van der Waals surface area contributed by atoms with Crippen LogP contribution in [0.25, 0.3) is 11.2 Å². The lowest BCUT2D eigenvalue weighted by molar-refractivity contribution is -0.0511. The molecule has 0 aliphatic carbocycles. The maximum atomic E-state index is 10.2. The van der Waals surface area contributed by atoms with Gasteiger partial charge < -0.3 is 30.1 Å². The number of imidazole rings is 1. The fourth-order valence-electron chi connectivity index (χ4n) is 3.13. The lowest BCUT2D eigenvalue weighted by Gasteiger charge is -2.16. The summed E-state index contributed by atoms with van der Waals surface area (Å²) in [6, 6.07) is 9.49. The van der Waals surface area contributed by atoms with Gasteiger partial charge in [-0.25, -0.2) is 15.0 Å². The number of fused-ring (bicyclic) bond motifs is 1. The molecule has 3 aromatic rings. The normalized spacial score (nSPS) is 24.5. The molecule has 4 N–H and O–H groups in total. The Morgan fingerprint density at radius 1 is 1.11 bits per heavy atom. The van der Waals surface area contributed by atoms with Crippen molar-refractivity contribution in [3.8, 4) is 5.75 Å². The summed E-state index contributed by atoms with van der Waals surface area (Å²) >= 11 is 0. The van der Waals surface area contributed by atoms with Gasteiger partial charge in [0, 0.05) is 0 Å². The SMILES string of the molecule is OC[C@H]1O[C@@H](n2cnc3c(NCCOc4ccccc4)ncnc32)[C@H](O)[C@@H]1O. The van der Waals surface area contributed by atoms with E-state index >= 15 is 0 Å². The smallest absolute Gasteiger partial charge is 0.167 e. The molecular formula is C18H21N5O5. The van der Waals surface area contributed by atoms with Crippen molar-refractivity contribution in [1.29, 1.82) is 0 Å². The van der Waals surface area contributed by atoms with E-state index in [2.05, 4.69) is 20.3 Å². The minimum absolute atomic E-state index is 0.398. The van der Waals surface area contributed by atoms with Gasteiger partial charge in [0.2, 0.25) is 0 Å². The fourth-order valence-corrected chi connectivity index (χ4v) is 3.13. The molecule has 10 nitrogen and oxygen atoms in total. The van der Waals surface area contributed by atoms with Crippen molar-refractivity contribution in [3.63, 3.8) is 0 Å². The van der Waals surface area contributed by atoms with Gasteiger partial charge in [-0.2, -0.15) is 0 Å². The van der Waals surface area contributed by atoms with Crippen LogP contribution in [0.2, 0.25) is 0 Å². The molecule has 0 spiro atoms. The van der Waals surface area contributed by atoms with Crippen molar-refractivity contribution in [3.05, 3.63) is 43.0 Å². The Bertz CT molecular complexity index is 921. The number of anilines is 1. The number of para-hydroxylation sites is 1. The average Bonchev–Trinajstić information content (AvgIpc) is 3.28. The van der Waals surface area contributed by atoms with Gasteiger partial charge in [-0.15, -0.1) is 0 Å². The Hall–Kier alpha value is -2.79. The standard InChI is InChI=1S/C18H21N5O5/c24-8-12-14(25)15(26)18(28-12)23-10-22-13-16(20-9-21-17(13)23)19-6-7-27-11-4-2-1-3-5-11/h1-5,9-10,12,14-15,18,24-26H,6-8H2,(H,19,20,21)/t12-,14-,15-,18-/m1/s1. The highest BCUT2D eigenvalue weighted by Gasteiger charge is 2.44. The molecule has 0 saturated carbocycles. The third-order valence-electron chi connectivity index (χ3n) is 4.56. The summed E-state index contributed by atoms with van der Waals surface area (Å²) in [5.41, 5.74) is 0.941. The van der Waals surface area contributed by atoms with Crippen molar-refractivity contribution in [2.24, 2.45) is 0 Å². The molecular weight excluding hydrogens is 366 g/mol. The van der Waals surface area contributed by atoms with Crippen LogP contribution in [0.4, 0.5) is 5.82 Å². The van der Waals surface area contributed by atoms with Crippen LogP contribution in [-0.2, 0) is 4.74 Å². The van der Waals surface area contributed by atoms with Crippen molar-refractivity contribution in [2.75, 3.05) is 25.1 Å². The number of rotatable bonds is 7. The molecule has 4 atom stereocenters. The number of hydrogen-bond donors (Lipinski definition) is 4. The highest BCUT2D eigenvalue weighted by atomic mass is 16.6. The zero-order chi connectivity index (χ0) is 19.5. The second-order valence-electron chi connectivity index (χ2n) is 6.36. The summed E-state index contributed by atoms with van der Waals surface area (Å²) in [6.07, 6.45) is -1.33. The Labute approximate surface area is 160 Å². The average molecular weight is 387 g/mol. The molecule has 0 amide bonds. The van der Waals surface area contributed by atoms with Gasteiger partial charge in [-0.1, -0.05) is 18.2 Å². The van der Waals surface area contributed by atoms with Crippen LogP contribution in [0, 0.1) is 0 Å². The van der Waals surface area contributed by atoms with E-state index in [1.807, 2.05) is 30.3 Å². The molecule has 28 heavy (non-hydrogen) atoms. The number of aromatic nitrogens is 4. The monoisotopic (exact) mass is 387 g/mol. The molecule has 1 fully saturated rings. The molecule has 2 aromatic heterocycles. The molecule has 4 rings (SSSR count). The lowest BCUT2D eigenvalue weighted by atomic mass is 10.1. The van der Waals surface area contributed by atoms with Crippen LogP contribution in [0.15, 0.2) is 43.0 Å². The first-order valence-corrected chi connectivity index (χ1v) is 8.90. The van der Waals surface area contributed by atoms with Gasteiger partial charge >= 0.3 is 0 Å². The molecule has 1 aliphatic rings. The van der Waals surface area contributed by atoms with E-state index < -0.39 is 31.1 Å².